The summed E-state index contributed by atoms with van der Waals surface area (Å²) >= 11 is 25.5. The van der Waals surface area contributed by atoms with E-state index < -0.39 is 11.2 Å². The Morgan fingerprint density at radius 3 is 0.992 bits per heavy atom. The summed E-state index contributed by atoms with van der Waals surface area (Å²) in [4.78, 5) is 75.1. The van der Waals surface area contributed by atoms with Crippen molar-refractivity contribution in [1.82, 2.24) is 58.1 Å². The molecule has 0 spiro atoms. The van der Waals surface area contributed by atoms with Gasteiger partial charge in [0.25, 0.3) is 0 Å². The standard InChI is InChI=1S/C24H33ClN6O2.C23H31ClN6O2.C22H26ClN5.C21H24ClN5/c1-5-16-8-11-30(12-9-16)22-26-15-18(25)21(28-22)27-17-6-7-19-20(14-17)31(23(32)29(19)4)13-10-24(2,3)33;1-15-7-10-29(11-8-15)21-25-14-17(24)20(27-21)26-16-5-6-18-19(13-16)30(22(31)28(18)4)12-9-23(2,3)32;1-4-16-9-11-28(12-10-16)22-24-14-19(23)21(26-22)25-18-7-8-20-17(13-18)6-5-15(2)27(20)3;1-14-8-10-27(11-9-14)21-23-13-18(22)20(25-21)24-17-6-7-19-16(12-17)5-4-15(2)26(19)3/h6-7,14-16,33H,5,8-13H2,1-4H3,(H,26,27,28);5-6,13-15,32H,7-12H2,1-4H3,(H,25,26,27);5-8,13-14,16H,2,4,9-12H2,1,3H3,(H,24,25,26);4-7,12-14H,2,8-11H2,1,3H3,(H,23,24,25). The molecule has 0 aliphatic carbocycles. The van der Waals surface area contributed by atoms with Crippen LogP contribution in [-0.4, -0.2) is 146 Å². The minimum atomic E-state index is -0.853. The Kier molecular flexibility index (Phi) is 27.9. The molecule has 636 valence electrons. The third-order valence-electron chi connectivity index (χ3n) is 23.8. The van der Waals surface area contributed by atoms with Gasteiger partial charge in [-0.25, -0.2) is 29.5 Å². The number of fused-ring (bicyclic) bond motifs is 4. The number of nitrogens with one attached hydrogen (secondary N) is 4. The van der Waals surface area contributed by atoms with E-state index in [0.717, 1.165) is 192 Å². The predicted molar refractivity (Wildman–Crippen MR) is 495 cm³/mol. The largest absolute Gasteiger partial charge is 0.390 e. The first-order chi connectivity index (χ1) is 57.3. The summed E-state index contributed by atoms with van der Waals surface area (Å²) in [5.74, 6) is 8.28. The number of anilines is 14. The number of benzene rings is 4. The summed E-state index contributed by atoms with van der Waals surface area (Å²) in [6, 6.07) is 23.9. The van der Waals surface area contributed by atoms with E-state index in [0.29, 0.717) is 81.2 Å². The minimum Gasteiger partial charge on any atom is -0.390 e. The van der Waals surface area contributed by atoms with Crippen molar-refractivity contribution in [3.05, 3.63) is 186 Å². The average molecular weight is 1710 g/mol. The fourth-order valence-electron chi connectivity index (χ4n) is 15.7. The van der Waals surface area contributed by atoms with Crippen molar-refractivity contribution in [2.75, 3.05) is 117 Å². The molecule has 10 aromatic rings. The Bertz CT molecular complexity index is 5520. The molecule has 0 unspecified atom stereocenters. The lowest BCUT2D eigenvalue weighted by molar-refractivity contribution is 0.0656. The number of hydrogen-bond acceptors (Lipinski definition) is 22. The SMILES string of the molecule is C=C1C=Cc2cc(Nc3nc(N4CCC(C)CC4)ncc3Cl)ccc2N1C.C=C1C=Cc2cc(Nc3nc(N4CCC(CC)CC4)ncc3Cl)ccc2N1C.CC1CCN(c2ncc(Cl)c(Nc3ccc4c(c3)n(CCC(C)(C)O)c(=O)n4C)n2)CC1.CCC1CCN(c2ncc(Cl)c(Nc3ccc4c(c3)n(CCC(C)(C)O)c(=O)n4C)n2)CC1. The number of nitrogens with zero attached hydrogens (tertiary/aromatic N) is 18. The molecule has 0 bridgehead atoms. The van der Waals surface area contributed by atoms with Crippen molar-refractivity contribution in [2.24, 2.45) is 37.8 Å². The molecule has 0 atom stereocenters. The second-order valence-electron chi connectivity index (χ2n) is 33.8. The Hall–Kier alpha value is -10.2. The van der Waals surface area contributed by atoms with Gasteiger partial charge in [0.05, 0.1) is 58.1 Å². The molecule has 16 rings (SSSR count). The number of piperidine rings is 4. The molecule has 4 saturated heterocycles. The lowest BCUT2D eigenvalue weighted by Crippen LogP contribution is -2.34. The molecule has 0 radical (unpaired) electrons. The number of aromatic nitrogens is 12. The molecule has 0 amide bonds. The van der Waals surface area contributed by atoms with Gasteiger partial charge in [0, 0.05) is 150 Å². The molecule has 6 aliphatic rings. The topological polar surface area (TPSA) is 265 Å². The smallest absolute Gasteiger partial charge is 0.328 e. The Morgan fingerprint density at radius 2 is 0.700 bits per heavy atom. The van der Waals surface area contributed by atoms with Crippen LogP contribution in [0, 0.1) is 23.7 Å². The highest BCUT2D eigenvalue weighted by Crippen LogP contribution is 2.38. The fourth-order valence-corrected chi connectivity index (χ4v) is 16.2. The van der Waals surface area contributed by atoms with Gasteiger partial charge in [0.2, 0.25) is 23.8 Å². The molecule has 0 saturated carbocycles. The highest BCUT2D eigenvalue weighted by Gasteiger charge is 2.28. The summed E-state index contributed by atoms with van der Waals surface area (Å²) in [5, 5.41) is 35.5. The van der Waals surface area contributed by atoms with E-state index in [-0.39, 0.29) is 11.4 Å². The number of rotatable bonds is 20. The van der Waals surface area contributed by atoms with E-state index >= 15 is 0 Å². The Balaban J connectivity index is 0.000000139. The predicted octanol–water partition coefficient (Wildman–Crippen LogP) is 18.8. The molecule has 120 heavy (non-hydrogen) atoms. The number of allylic oxidation sites excluding steroid dienone is 2. The third-order valence-corrected chi connectivity index (χ3v) is 24.9. The first kappa shape index (κ1) is 87.6. The van der Waals surface area contributed by atoms with E-state index in [4.69, 9.17) is 56.4 Å². The zero-order valence-corrected chi connectivity index (χ0v) is 74.1. The maximum absolute atomic E-state index is 12.8. The van der Waals surface area contributed by atoms with Crippen LogP contribution in [0.5, 0.6) is 0 Å². The molecular formula is C90H114Cl4N22O4. The molecule has 6 aliphatic heterocycles. The number of aryl methyl sites for hydroxylation is 4. The van der Waals surface area contributed by atoms with E-state index in [2.05, 4.69) is 158 Å². The molecular weight excluding hydrogens is 1590 g/mol. The number of likely N-dealkylation sites (N-methyl/N-ethyl adjacent to an activating group) is 2. The third kappa shape index (κ3) is 21.4. The lowest BCUT2D eigenvalue weighted by Gasteiger charge is -2.31. The van der Waals surface area contributed by atoms with Crippen molar-refractivity contribution >= 4 is 162 Å². The first-order valence-corrected chi connectivity index (χ1v) is 43.4. The van der Waals surface area contributed by atoms with E-state index in [1.165, 1.54) is 38.5 Å². The summed E-state index contributed by atoms with van der Waals surface area (Å²) in [5.41, 5.74) is 11.2. The normalized spacial score (nSPS) is 16.2. The van der Waals surface area contributed by atoms with Gasteiger partial charge in [-0.3, -0.25) is 18.3 Å². The van der Waals surface area contributed by atoms with Crippen LogP contribution in [0.25, 0.3) is 34.2 Å². The molecule has 4 aromatic carbocycles. The summed E-state index contributed by atoms with van der Waals surface area (Å²) in [6.07, 6.45) is 27.5. The van der Waals surface area contributed by atoms with E-state index in [1.807, 2.05) is 74.8 Å². The minimum absolute atomic E-state index is 0.107. The summed E-state index contributed by atoms with van der Waals surface area (Å²) in [7, 11) is 7.55. The zero-order chi connectivity index (χ0) is 85.4. The van der Waals surface area contributed by atoms with Crippen LogP contribution in [0.15, 0.2) is 144 Å². The van der Waals surface area contributed by atoms with Crippen LogP contribution in [0.1, 0.15) is 144 Å². The number of halogens is 4. The zero-order valence-electron chi connectivity index (χ0n) is 71.1. The van der Waals surface area contributed by atoms with Crippen LogP contribution in [0.2, 0.25) is 20.1 Å². The molecule has 6 N–H and O–H groups in total. The average Bonchev–Trinajstić information content (AvgIpc) is 1.39. The van der Waals surface area contributed by atoms with Gasteiger partial charge in [0.1, 0.15) is 20.1 Å². The van der Waals surface area contributed by atoms with Crippen LogP contribution < -0.4 is 62.0 Å². The van der Waals surface area contributed by atoms with Gasteiger partial charge in [-0.2, -0.15) is 19.9 Å². The second-order valence-corrected chi connectivity index (χ2v) is 35.4. The second kappa shape index (κ2) is 38.2. The first-order valence-electron chi connectivity index (χ1n) is 41.9. The number of aliphatic hydroxyl groups is 2. The highest BCUT2D eigenvalue weighted by molar-refractivity contribution is 6.34. The van der Waals surface area contributed by atoms with E-state index in [1.54, 1.807) is 84.8 Å². The van der Waals surface area contributed by atoms with Gasteiger partial charge >= 0.3 is 11.4 Å². The summed E-state index contributed by atoms with van der Waals surface area (Å²) < 4.78 is 6.64. The number of hydrogen-bond donors (Lipinski definition) is 6. The van der Waals surface area contributed by atoms with Gasteiger partial charge < -0.3 is 60.9 Å². The Labute approximate surface area is 723 Å². The van der Waals surface area contributed by atoms with Crippen LogP contribution in [0.3, 0.4) is 0 Å². The quantitative estimate of drug-likeness (QED) is 0.0414. The fraction of sp³-hybridized carbons (Fsp3) is 0.444. The van der Waals surface area contributed by atoms with E-state index in [9.17, 15) is 19.8 Å². The van der Waals surface area contributed by atoms with Gasteiger partial charge in [-0.15, -0.1) is 0 Å². The highest BCUT2D eigenvalue weighted by atomic mass is 35.5. The molecule has 26 nitrogen and oxygen atoms in total. The van der Waals surface area contributed by atoms with Crippen LogP contribution >= 0.6 is 46.4 Å². The lowest BCUT2D eigenvalue weighted by atomic mass is 9.95. The van der Waals surface area contributed by atoms with Crippen LogP contribution in [0.4, 0.5) is 81.2 Å². The van der Waals surface area contributed by atoms with Gasteiger partial charge in [-0.05, 0) is 201 Å². The molecule has 4 fully saturated rings. The molecule has 12 heterocycles. The van der Waals surface area contributed by atoms with Gasteiger partial charge in [-0.1, -0.05) is 112 Å². The Morgan fingerprint density at radius 1 is 0.417 bits per heavy atom. The molecule has 6 aromatic heterocycles. The van der Waals surface area contributed by atoms with Crippen molar-refractivity contribution in [3.63, 3.8) is 0 Å². The monoisotopic (exact) mass is 1710 g/mol. The van der Waals surface area contributed by atoms with Crippen molar-refractivity contribution in [3.8, 4) is 0 Å². The maximum Gasteiger partial charge on any atom is 0.328 e. The van der Waals surface area contributed by atoms with Crippen molar-refractivity contribution < 1.29 is 10.2 Å². The summed E-state index contributed by atoms with van der Waals surface area (Å²) in [6.45, 7) is 32.7. The van der Waals surface area contributed by atoms with Crippen molar-refractivity contribution in [1.29, 1.82) is 0 Å². The van der Waals surface area contributed by atoms with Crippen molar-refractivity contribution in [2.45, 2.75) is 157 Å². The van der Waals surface area contributed by atoms with Gasteiger partial charge in [0.15, 0.2) is 23.3 Å². The molecule has 30 heteroatoms. The maximum atomic E-state index is 12.8. The number of imidazole rings is 2. The van der Waals surface area contributed by atoms with Crippen LogP contribution in [-0.2, 0) is 27.2 Å².